The number of nitrogens with one attached hydrogen (secondary N) is 1. The number of benzene rings is 1. The minimum Gasteiger partial charge on any atom is -0.478 e. The highest BCUT2D eigenvalue weighted by atomic mass is 16.4. The van der Waals surface area contributed by atoms with Crippen LogP contribution in [0.3, 0.4) is 0 Å². The fraction of sp³-hybridized carbons (Fsp3) is 0.0769. The second-order valence-electron chi connectivity index (χ2n) is 3.99. The fourth-order valence-corrected chi connectivity index (χ4v) is 1.93. The lowest BCUT2D eigenvalue weighted by atomic mass is 10.1. The van der Waals surface area contributed by atoms with E-state index in [0.717, 1.165) is 11.0 Å². The smallest absolute Gasteiger partial charge is 0.339 e. The van der Waals surface area contributed by atoms with Gasteiger partial charge in [0.15, 0.2) is 0 Å². The molecule has 2 aromatic heterocycles. The van der Waals surface area contributed by atoms with E-state index in [2.05, 4.69) is 10.2 Å². The van der Waals surface area contributed by atoms with Gasteiger partial charge in [0.25, 0.3) is 0 Å². The van der Waals surface area contributed by atoms with Crippen molar-refractivity contribution in [3.8, 4) is 0 Å². The topological polar surface area (TPSA) is 79.1 Å². The molecule has 0 atom stereocenters. The monoisotopic (exact) mass is 242 g/mol. The van der Waals surface area contributed by atoms with Crippen LogP contribution >= 0.6 is 0 Å². The number of fused-ring (bicyclic) bond motifs is 1. The molecule has 0 aliphatic heterocycles. The molecule has 3 rings (SSSR count). The van der Waals surface area contributed by atoms with E-state index >= 15 is 0 Å². The Labute approximate surface area is 102 Å². The zero-order valence-corrected chi connectivity index (χ0v) is 9.38. The molecule has 0 aliphatic carbocycles. The number of furan rings is 1. The number of rotatable bonds is 3. The Morgan fingerprint density at radius 3 is 3.00 bits per heavy atom. The number of H-pyrrole nitrogens is 1. The van der Waals surface area contributed by atoms with Gasteiger partial charge in [-0.05, 0) is 12.1 Å². The zero-order valence-electron chi connectivity index (χ0n) is 9.38. The van der Waals surface area contributed by atoms with Crippen molar-refractivity contribution in [1.29, 1.82) is 0 Å². The van der Waals surface area contributed by atoms with E-state index in [1.807, 2.05) is 30.3 Å². The molecule has 0 saturated heterocycles. The average molecular weight is 242 g/mol. The Bertz CT molecular complexity index is 679. The van der Waals surface area contributed by atoms with Gasteiger partial charge in [0.05, 0.1) is 11.9 Å². The van der Waals surface area contributed by atoms with Crippen LogP contribution in [0.1, 0.15) is 21.8 Å². The zero-order chi connectivity index (χ0) is 12.5. The molecule has 0 fully saturated rings. The lowest BCUT2D eigenvalue weighted by molar-refractivity contribution is 0.0696. The maximum Gasteiger partial charge on any atom is 0.339 e. The summed E-state index contributed by atoms with van der Waals surface area (Å²) in [4.78, 5) is 11.0. The van der Waals surface area contributed by atoms with Crippen molar-refractivity contribution in [2.75, 3.05) is 0 Å². The maximum absolute atomic E-state index is 11.0. The summed E-state index contributed by atoms with van der Waals surface area (Å²) >= 11 is 0. The van der Waals surface area contributed by atoms with Crippen molar-refractivity contribution < 1.29 is 14.3 Å². The van der Waals surface area contributed by atoms with Crippen LogP contribution in [0.15, 0.2) is 40.9 Å². The first-order valence-corrected chi connectivity index (χ1v) is 5.47. The molecule has 2 N–H and O–H groups in total. The fourth-order valence-electron chi connectivity index (χ4n) is 1.93. The quantitative estimate of drug-likeness (QED) is 0.739. The van der Waals surface area contributed by atoms with Gasteiger partial charge in [0.2, 0.25) is 0 Å². The highest BCUT2D eigenvalue weighted by Crippen LogP contribution is 2.21. The maximum atomic E-state index is 11.0. The molecular weight excluding hydrogens is 232 g/mol. The van der Waals surface area contributed by atoms with Crippen LogP contribution in [0.2, 0.25) is 0 Å². The highest BCUT2D eigenvalue weighted by molar-refractivity contribution is 5.88. The van der Waals surface area contributed by atoms with E-state index in [1.54, 1.807) is 0 Å². The summed E-state index contributed by atoms with van der Waals surface area (Å²) in [5.41, 5.74) is 1.51. The summed E-state index contributed by atoms with van der Waals surface area (Å²) < 4.78 is 5.64. The molecule has 0 amide bonds. The van der Waals surface area contributed by atoms with E-state index in [0.29, 0.717) is 17.9 Å². The number of carboxylic acid groups (broad SMARTS) is 1. The Balaban J connectivity index is 1.96. The summed E-state index contributed by atoms with van der Waals surface area (Å²) in [7, 11) is 0. The molecule has 3 aromatic rings. The van der Waals surface area contributed by atoms with Crippen LogP contribution < -0.4 is 0 Å². The molecule has 0 radical (unpaired) electrons. The molecular formula is C13H10N2O3. The van der Waals surface area contributed by atoms with E-state index in [4.69, 9.17) is 9.52 Å². The third kappa shape index (κ3) is 1.75. The molecule has 0 saturated carbocycles. The van der Waals surface area contributed by atoms with Gasteiger partial charge in [0, 0.05) is 11.8 Å². The summed E-state index contributed by atoms with van der Waals surface area (Å²) in [5.74, 6) is -0.280. The Hall–Kier alpha value is -2.56. The molecule has 0 aliphatic rings. The van der Waals surface area contributed by atoms with Crippen LogP contribution in [-0.2, 0) is 6.42 Å². The number of aromatic amines is 1. The number of hydrogen-bond acceptors (Lipinski definition) is 3. The number of nitrogens with zero attached hydrogens (tertiary/aromatic N) is 1. The van der Waals surface area contributed by atoms with Gasteiger partial charge in [0.1, 0.15) is 16.9 Å². The Morgan fingerprint density at radius 1 is 1.39 bits per heavy atom. The predicted molar refractivity (Wildman–Crippen MR) is 64.6 cm³/mol. The van der Waals surface area contributed by atoms with Crippen molar-refractivity contribution in [3.63, 3.8) is 0 Å². The molecule has 18 heavy (non-hydrogen) atoms. The normalized spacial score (nSPS) is 10.9. The molecule has 0 unspecified atom stereocenters. The van der Waals surface area contributed by atoms with E-state index in [-0.39, 0.29) is 5.56 Å². The lowest BCUT2D eigenvalue weighted by Gasteiger charge is -1.95. The largest absolute Gasteiger partial charge is 0.478 e. The van der Waals surface area contributed by atoms with Crippen LogP contribution in [0, 0.1) is 0 Å². The molecule has 2 heterocycles. The van der Waals surface area contributed by atoms with Crippen LogP contribution in [0.5, 0.6) is 0 Å². The van der Waals surface area contributed by atoms with Crippen molar-refractivity contribution >= 4 is 16.9 Å². The van der Waals surface area contributed by atoms with Crippen LogP contribution in [0.4, 0.5) is 0 Å². The average Bonchev–Trinajstić information content (AvgIpc) is 2.94. The molecule has 0 bridgehead atoms. The van der Waals surface area contributed by atoms with Gasteiger partial charge in [-0.3, -0.25) is 5.10 Å². The first-order valence-electron chi connectivity index (χ1n) is 5.47. The number of para-hydroxylation sites is 1. The third-order valence-corrected chi connectivity index (χ3v) is 2.78. The minimum atomic E-state index is -0.991. The van der Waals surface area contributed by atoms with Crippen molar-refractivity contribution in [1.82, 2.24) is 10.2 Å². The summed E-state index contributed by atoms with van der Waals surface area (Å²) in [5, 5.41) is 16.4. The molecule has 1 aromatic carbocycles. The summed E-state index contributed by atoms with van der Waals surface area (Å²) in [6, 6.07) is 9.56. The van der Waals surface area contributed by atoms with Gasteiger partial charge in [-0.25, -0.2) is 4.79 Å². The summed E-state index contributed by atoms with van der Waals surface area (Å²) in [6.07, 6.45) is 1.69. The second kappa shape index (κ2) is 4.03. The molecule has 0 spiro atoms. The van der Waals surface area contributed by atoms with Crippen LogP contribution in [0.25, 0.3) is 11.0 Å². The number of aromatic carboxylic acids is 1. The minimum absolute atomic E-state index is 0.176. The number of carbonyl (C=O) groups is 1. The number of carboxylic acids is 1. The van der Waals surface area contributed by atoms with Crippen molar-refractivity contribution in [2.24, 2.45) is 0 Å². The van der Waals surface area contributed by atoms with Gasteiger partial charge >= 0.3 is 5.97 Å². The van der Waals surface area contributed by atoms with Crippen molar-refractivity contribution in [2.45, 2.75) is 6.42 Å². The van der Waals surface area contributed by atoms with Gasteiger partial charge < -0.3 is 9.52 Å². The molecule has 90 valence electrons. The number of aromatic nitrogens is 2. The number of hydrogen-bond donors (Lipinski definition) is 2. The second-order valence-corrected chi connectivity index (χ2v) is 3.99. The Morgan fingerprint density at radius 2 is 2.22 bits per heavy atom. The van der Waals surface area contributed by atoms with E-state index < -0.39 is 5.97 Å². The van der Waals surface area contributed by atoms with Gasteiger partial charge in [-0.1, -0.05) is 18.2 Å². The van der Waals surface area contributed by atoms with E-state index in [1.165, 1.54) is 6.20 Å². The predicted octanol–water partition coefficient (Wildman–Crippen LogP) is 2.44. The Kier molecular flexibility index (Phi) is 2.37. The first-order chi connectivity index (χ1) is 8.74. The van der Waals surface area contributed by atoms with Gasteiger partial charge in [-0.15, -0.1) is 0 Å². The van der Waals surface area contributed by atoms with Crippen LogP contribution in [-0.4, -0.2) is 21.3 Å². The first kappa shape index (κ1) is 10.6. The van der Waals surface area contributed by atoms with Crippen molar-refractivity contribution in [3.05, 3.63) is 53.5 Å². The molecule has 5 heteroatoms. The van der Waals surface area contributed by atoms with Gasteiger partial charge in [-0.2, -0.15) is 5.10 Å². The lowest BCUT2D eigenvalue weighted by Crippen LogP contribution is -2.00. The standard InChI is InChI=1S/C13H10N2O3/c16-13(17)10-7-14-15-11(10)6-9-5-8-3-1-2-4-12(8)18-9/h1-5,7H,6H2,(H,14,15)(H,16,17). The SMILES string of the molecule is O=C(O)c1cn[nH]c1Cc1cc2ccccc2o1. The third-order valence-electron chi connectivity index (χ3n) is 2.78. The molecule has 5 nitrogen and oxygen atoms in total. The summed E-state index contributed by atoms with van der Waals surface area (Å²) in [6.45, 7) is 0. The van der Waals surface area contributed by atoms with E-state index in [9.17, 15) is 4.79 Å². The highest BCUT2D eigenvalue weighted by Gasteiger charge is 2.14.